The van der Waals surface area contributed by atoms with Gasteiger partial charge < -0.3 is 10.1 Å². The zero-order valence-corrected chi connectivity index (χ0v) is 8.04. The first kappa shape index (κ1) is 9.97. The first-order valence-electron chi connectivity index (χ1n) is 4.39. The Morgan fingerprint density at radius 1 is 1.38 bits per heavy atom. The van der Waals surface area contributed by atoms with Crippen LogP contribution in [0.5, 0.6) is 0 Å². The molecule has 0 unspecified atom stereocenters. The molecule has 82 valence electrons. The Labute approximate surface area is 89.7 Å². The Balaban J connectivity index is 2.21. The highest BCUT2D eigenvalue weighted by Crippen LogP contribution is 2.03. The molecule has 7 nitrogen and oxygen atoms in total. The molecule has 0 aliphatic rings. The number of aromatic nitrogens is 3. The predicted molar refractivity (Wildman–Crippen MR) is 53.7 cm³/mol. The number of carboxylic acids is 1. The number of aromatic amines is 1. The molecule has 0 aromatic carbocycles. The summed E-state index contributed by atoms with van der Waals surface area (Å²) in [5, 5.41) is 8.77. The van der Waals surface area contributed by atoms with Crippen LogP contribution in [-0.4, -0.2) is 31.6 Å². The average molecular weight is 220 g/mol. The Hall–Kier alpha value is -2.57. The predicted octanol–water partition coefficient (Wildman–Crippen LogP) is 0.293. The van der Waals surface area contributed by atoms with Crippen LogP contribution >= 0.6 is 0 Å². The first-order valence-corrected chi connectivity index (χ1v) is 4.39. The van der Waals surface area contributed by atoms with E-state index in [9.17, 15) is 9.59 Å². The Morgan fingerprint density at radius 3 is 2.69 bits per heavy atom. The van der Waals surface area contributed by atoms with Gasteiger partial charge in [-0.1, -0.05) is 0 Å². The van der Waals surface area contributed by atoms with Gasteiger partial charge in [0, 0.05) is 12.4 Å². The number of nitrogens with one attached hydrogen (secondary N) is 2. The minimum Gasteiger partial charge on any atom is -0.477 e. The fourth-order valence-electron chi connectivity index (χ4n) is 1.21. The highest BCUT2D eigenvalue weighted by atomic mass is 16.4. The number of hydrogen-bond donors (Lipinski definition) is 3. The van der Waals surface area contributed by atoms with Gasteiger partial charge in [0.2, 0.25) is 0 Å². The third-order valence-corrected chi connectivity index (χ3v) is 1.90. The molecule has 2 aromatic rings. The number of carboxylic acid groups (broad SMARTS) is 1. The lowest BCUT2D eigenvalue weighted by atomic mass is 10.3. The summed E-state index contributed by atoms with van der Waals surface area (Å²) in [7, 11) is 0. The number of imidazole rings is 1. The molecule has 0 aliphatic carbocycles. The summed E-state index contributed by atoms with van der Waals surface area (Å²) in [6.07, 6.45) is 4.39. The Morgan fingerprint density at radius 2 is 2.06 bits per heavy atom. The zero-order chi connectivity index (χ0) is 11.5. The molecule has 0 bridgehead atoms. The molecule has 2 heterocycles. The van der Waals surface area contributed by atoms with E-state index in [-0.39, 0.29) is 11.4 Å². The molecule has 3 N–H and O–H groups in total. The normalized spacial score (nSPS) is 10.0. The van der Waals surface area contributed by atoms with E-state index in [1.165, 1.54) is 4.68 Å². The van der Waals surface area contributed by atoms with Gasteiger partial charge in [-0.15, -0.1) is 0 Å². The second-order valence-electron chi connectivity index (χ2n) is 2.96. The van der Waals surface area contributed by atoms with Crippen molar-refractivity contribution in [2.24, 2.45) is 0 Å². The number of H-pyrrole nitrogens is 1. The fraction of sp³-hybridized carbons (Fsp3) is 0. The van der Waals surface area contributed by atoms with E-state index in [1.807, 2.05) is 0 Å². The van der Waals surface area contributed by atoms with E-state index in [1.54, 1.807) is 24.5 Å². The molecular formula is C9H8N4O3. The van der Waals surface area contributed by atoms with Gasteiger partial charge in [-0.05, 0) is 12.1 Å². The lowest BCUT2D eigenvalue weighted by Gasteiger charge is -2.03. The van der Waals surface area contributed by atoms with E-state index in [0.717, 1.165) is 6.33 Å². The largest absolute Gasteiger partial charge is 0.477 e. The Bertz CT molecular complexity index is 515. The van der Waals surface area contributed by atoms with Crippen molar-refractivity contribution in [1.82, 2.24) is 14.6 Å². The minimum absolute atomic E-state index is 0.152. The van der Waals surface area contributed by atoms with Crippen LogP contribution in [0.4, 0.5) is 0 Å². The maximum atomic E-state index is 11.6. The number of hydrogen-bond acceptors (Lipinski definition) is 3. The minimum atomic E-state index is -1.23. The van der Waals surface area contributed by atoms with Gasteiger partial charge in [0.05, 0.1) is 6.33 Å². The Kier molecular flexibility index (Phi) is 2.42. The van der Waals surface area contributed by atoms with Crippen LogP contribution in [0.3, 0.4) is 0 Å². The topological polar surface area (TPSA) is 100 Å². The van der Waals surface area contributed by atoms with Crippen molar-refractivity contribution in [3.05, 3.63) is 42.2 Å². The summed E-state index contributed by atoms with van der Waals surface area (Å²) < 4.78 is 1.41. The SMILES string of the molecule is O=C(Nn1cccc1)c1nc[nH]c1C(=O)O. The highest BCUT2D eigenvalue weighted by molar-refractivity contribution is 6.05. The molecule has 0 aliphatic heterocycles. The van der Waals surface area contributed by atoms with Gasteiger partial charge in [-0.3, -0.25) is 14.9 Å². The molecule has 1 amide bonds. The first-order chi connectivity index (χ1) is 7.68. The quantitative estimate of drug-likeness (QED) is 0.692. The standard InChI is InChI=1S/C9H8N4O3/c14-8(12-13-3-1-2-4-13)6-7(9(15)16)11-5-10-6/h1-5H,(H,10,11)(H,12,14)(H,15,16). The lowest BCUT2D eigenvalue weighted by molar-refractivity contribution is 0.0686. The van der Waals surface area contributed by atoms with Crippen LogP contribution in [0.1, 0.15) is 21.0 Å². The lowest BCUT2D eigenvalue weighted by Crippen LogP contribution is -2.23. The van der Waals surface area contributed by atoms with Crippen LogP contribution in [0, 0.1) is 0 Å². The summed E-state index contributed by atoms with van der Waals surface area (Å²) in [6.45, 7) is 0. The van der Waals surface area contributed by atoms with E-state index < -0.39 is 11.9 Å². The van der Waals surface area contributed by atoms with E-state index in [0.29, 0.717) is 0 Å². The third-order valence-electron chi connectivity index (χ3n) is 1.90. The van der Waals surface area contributed by atoms with Crippen LogP contribution in [0.2, 0.25) is 0 Å². The van der Waals surface area contributed by atoms with Crippen molar-refractivity contribution in [2.45, 2.75) is 0 Å². The smallest absolute Gasteiger partial charge is 0.354 e. The zero-order valence-electron chi connectivity index (χ0n) is 8.04. The number of carbonyl (C=O) groups is 2. The molecular weight excluding hydrogens is 212 g/mol. The number of carbonyl (C=O) groups excluding carboxylic acids is 1. The fourth-order valence-corrected chi connectivity index (χ4v) is 1.21. The van der Waals surface area contributed by atoms with E-state index in [2.05, 4.69) is 15.4 Å². The van der Waals surface area contributed by atoms with Gasteiger partial charge >= 0.3 is 5.97 Å². The summed E-state index contributed by atoms with van der Waals surface area (Å²) in [4.78, 5) is 28.4. The molecule has 0 radical (unpaired) electrons. The molecule has 0 fully saturated rings. The van der Waals surface area contributed by atoms with Crippen molar-refractivity contribution in [1.29, 1.82) is 0 Å². The third kappa shape index (κ3) is 1.78. The van der Waals surface area contributed by atoms with Crippen LogP contribution < -0.4 is 5.43 Å². The van der Waals surface area contributed by atoms with Crippen LogP contribution in [0.25, 0.3) is 0 Å². The van der Waals surface area contributed by atoms with Crippen LogP contribution in [-0.2, 0) is 0 Å². The van der Waals surface area contributed by atoms with Crippen molar-refractivity contribution >= 4 is 11.9 Å². The summed E-state index contributed by atoms with van der Waals surface area (Å²) in [5.41, 5.74) is 2.07. The maximum absolute atomic E-state index is 11.6. The molecule has 2 rings (SSSR count). The molecule has 16 heavy (non-hydrogen) atoms. The summed E-state index contributed by atoms with van der Waals surface area (Å²) >= 11 is 0. The summed E-state index contributed by atoms with van der Waals surface area (Å²) in [5.74, 6) is -1.81. The van der Waals surface area contributed by atoms with E-state index >= 15 is 0 Å². The highest BCUT2D eigenvalue weighted by Gasteiger charge is 2.19. The molecule has 2 aromatic heterocycles. The van der Waals surface area contributed by atoms with Gasteiger partial charge in [0.1, 0.15) is 0 Å². The van der Waals surface area contributed by atoms with Crippen LogP contribution in [0.15, 0.2) is 30.9 Å². The molecule has 0 saturated carbocycles. The van der Waals surface area contributed by atoms with Crippen molar-refractivity contribution < 1.29 is 14.7 Å². The monoisotopic (exact) mass is 220 g/mol. The average Bonchev–Trinajstić information content (AvgIpc) is 2.86. The van der Waals surface area contributed by atoms with Gasteiger partial charge in [0.15, 0.2) is 11.4 Å². The molecule has 0 saturated heterocycles. The number of nitrogens with zero attached hydrogens (tertiary/aromatic N) is 2. The second kappa shape index (κ2) is 3.89. The van der Waals surface area contributed by atoms with Crippen molar-refractivity contribution in [3.8, 4) is 0 Å². The van der Waals surface area contributed by atoms with Crippen molar-refractivity contribution in [2.75, 3.05) is 5.43 Å². The number of rotatable bonds is 3. The molecule has 0 atom stereocenters. The number of aromatic carboxylic acids is 1. The van der Waals surface area contributed by atoms with E-state index in [4.69, 9.17) is 5.11 Å². The molecule has 7 heteroatoms. The van der Waals surface area contributed by atoms with Gasteiger partial charge in [-0.2, -0.15) is 0 Å². The number of amides is 1. The van der Waals surface area contributed by atoms with Gasteiger partial charge in [0.25, 0.3) is 5.91 Å². The maximum Gasteiger partial charge on any atom is 0.354 e. The van der Waals surface area contributed by atoms with Crippen molar-refractivity contribution in [3.63, 3.8) is 0 Å². The second-order valence-corrected chi connectivity index (χ2v) is 2.96. The van der Waals surface area contributed by atoms with Gasteiger partial charge in [-0.25, -0.2) is 9.78 Å². The molecule has 0 spiro atoms. The summed E-state index contributed by atoms with van der Waals surface area (Å²) in [6, 6.07) is 3.45.